The van der Waals surface area contributed by atoms with Gasteiger partial charge in [-0.3, -0.25) is 0 Å². The third kappa shape index (κ3) is 4.47. The lowest BCUT2D eigenvalue weighted by molar-refractivity contribution is -0.310. The van der Waals surface area contributed by atoms with Crippen LogP contribution in [0, 0.1) is 0 Å². The number of carbonyl (C=O) groups excluding carboxylic acids is 2. The minimum absolute atomic E-state index is 0.191. The fourth-order valence-corrected chi connectivity index (χ4v) is 1.42. The van der Waals surface area contributed by atoms with E-state index in [1.807, 2.05) is 0 Å². The van der Waals surface area contributed by atoms with Gasteiger partial charge in [-0.2, -0.15) is 0 Å². The van der Waals surface area contributed by atoms with Crippen molar-refractivity contribution >= 4 is 12.6 Å². The van der Waals surface area contributed by atoms with Gasteiger partial charge >= 0.3 is 0 Å². The quantitative estimate of drug-likeness (QED) is 0.144. The summed E-state index contributed by atoms with van der Waals surface area (Å²) in [4.78, 5) is 20.4. The van der Waals surface area contributed by atoms with Crippen molar-refractivity contribution in [3.63, 3.8) is 0 Å². The number of aldehydes is 2. The summed E-state index contributed by atoms with van der Waals surface area (Å²) < 4.78 is 0. The number of hydrogen-bond acceptors (Lipinski definition) is 11. The summed E-state index contributed by atoms with van der Waals surface area (Å²) >= 11 is 0. The minimum Gasteiger partial charge on any atom is -0.387 e. The molecule has 0 aromatic rings. The van der Waals surface area contributed by atoms with Gasteiger partial charge in [-0.15, -0.1) is 0 Å². The molecule has 0 aliphatic rings. The average Bonchev–Trinajstić information content (AvgIpc) is 2.48. The number of aliphatic hydroxyl groups excluding tert-OH is 7. The zero-order valence-corrected chi connectivity index (χ0v) is 10.5. The SMILES string of the molecule is O=CC(O)C(O)C(O)C(O)C(O)C(O)(O)C(O)C(O)C=O. The summed E-state index contributed by atoms with van der Waals surface area (Å²) in [6.45, 7) is 0. The molecule has 0 aliphatic carbocycles. The Balaban J connectivity index is 5.08. The van der Waals surface area contributed by atoms with Crippen molar-refractivity contribution in [1.29, 1.82) is 0 Å². The molecule has 0 heterocycles. The first kappa shape index (κ1) is 20.0. The van der Waals surface area contributed by atoms with Crippen molar-refractivity contribution in [3.05, 3.63) is 0 Å². The van der Waals surface area contributed by atoms with Crippen LogP contribution >= 0.6 is 0 Å². The van der Waals surface area contributed by atoms with E-state index in [4.69, 9.17) is 10.2 Å². The fraction of sp³-hybridized carbons (Fsp3) is 0.800. The smallest absolute Gasteiger partial charge is 0.222 e. The van der Waals surface area contributed by atoms with E-state index in [1.54, 1.807) is 0 Å². The molecule has 0 amide bonds. The maximum Gasteiger partial charge on any atom is 0.222 e. The van der Waals surface area contributed by atoms with Gasteiger partial charge in [-0.1, -0.05) is 0 Å². The topological polar surface area (TPSA) is 216 Å². The fourth-order valence-electron chi connectivity index (χ4n) is 1.42. The predicted octanol–water partition coefficient (Wildman–Crippen LogP) is -6.41. The monoisotopic (exact) mass is 314 g/mol. The Bertz CT molecular complexity index is 346. The van der Waals surface area contributed by atoms with Gasteiger partial charge in [-0.25, -0.2) is 0 Å². The third-order valence-electron chi connectivity index (χ3n) is 2.85. The zero-order valence-electron chi connectivity index (χ0n) is 10.5. The lowest BCUT2D eigenvalue weighted by atomic mass is 9.90. The van der Waals surface area contributed by atoms with Crippen molar-refractivity contribution in [1.82, 2.24) is 0 Å². The first-order valence-corrected chi connectivity index (χ1v) is 5.64. The van der Waals surface area contributed by atoms with Crippen LogP contribution in [0.15, 0.2) is 0 Å². The summed E-state index contributed by atoms with van der Waals surface area (Å²) in [7, 11) is 0. The van der Waals surface area contributed by atoms with Crippen molar-refractivity contribution in [2.24, 2.45) is 0 Å². The van der Waals surface area contributed by atoms with Crippen molar-refractivity contribution in [2.45, 2.75) is 48.5 Å². The number of hydrogen-bond donors (Lipinski definition) is 9. The Hall–Kier alpha value is -1.02. The van der Waals surface area contributed by atoms with Crippen LogP contribution in [-0.4, -0.2) is 107 Å². The first-order chi connectivity index (χ1) is 9.52. The Morgan fingerprint density at radius 3 is 1.43 bits per heavy atom. The van der Waals surface area contributed by atoms with Crippen LogP contribution in [0.1, 0.15) is 0 Å². The second-order valence-corrected chi connectivity index (χ2v) is 4.40. The molecule has 0 bridgehead atoms. The van der Waals surface area contributed by atoms with E-state index in [1.165, 1.54) is 0 Å². The highest BCUT2D eigenvalue weighted by Gasteiger charge is 2.50. The van der Waals surface area contributed by atoms with E-state index in [2.05, 4.69) is 0 Å². The van der Waals surface area contributed by atoms with Gasteiger partial charge in [-0.05, 0) is 0 Å². The molecule has 0 rings (SSSR count). The summed E-state index contributed by atoms with van der Waals surface area (Å²) in [5, 5.41) is 83.4. The molecule has 0 aliphatic heterocycles. The highest BCUT2D eigenvalue weighted by Crippen LogP contribution is 2.21. The molecule has 7 atom stereocenters. The number of aliphatic hydroxyl groups is 9. The molecule has 0 aromatic heterocycles. The maximum atomic E-state index is 10.2. The molecule has 0 saturated carbocycles. The molecular formula is C10H18O11. The Morgan fingerprint density at radius 2 is 1.05 bits per heavy atom. The molecule has 9 N–H and O–H groups in total. The van der Waals surface area contributed by atoms with Crippen LogP contribution < -0.4 is 0 Å². The van der Waals surface area contributed by atoms with E-state index < -0.39 is 48.5 Å². The third-order valence-corrected chi connectivity index (χ3v) is 2.85. The molecule has 21 heavy (non-hydrogen) atoms. The molecule has 11 heteroatoms. The van der Waals surface area contributed by atoms with Gasteiger partial charge < -0.3 is 55.5 Å². The van der Waals surface area contributed by atoms with E-state index in [9.17, 15) is 45.3 Å². The summed E-state index contributed by atoms with van der Waals surface area (Å²) in [6, 6.07) is 0. The van der Waals surface area contributed by atoms with Crippen LogP contribution in [0.3, 0.4) is 0 Å². The average molecular weight is 314 g/mol. The number of carbonyl (C=O) groups is 2. The summed E-state index contributed by atoms with van der Waals surface area (Å²) in [5.41, 5.74) is 0. The highest BCUT2D eigenvalue weighted by atomic mass is 16.6. The van der Waals surface area contributed by atoms with E-state index in [0.29, 0.717) is 0 Å². The van der Waals surface area contributed by atoms with Gasteiger partial charge in [0.1, 0.15) is 42.7 Å². The summed E-state index contributed by atoms with van der Waals surface area (Å²) in [5.74, 6) is -3.65. The Labute approximate surface area is 117 Å². The van der Waals surface area contributed by atoms with Gasteiger partial charge in [0.2, 0.25) is 5.79 Å². The van der Waals surface area contributed by atoms with Gasteiger partial charge in [0, 0.05) is 0 Å². The van der Waals surface area contributed by atoms with E-state index >= 15 is 0 Å². The molecule has 124 valence electrons. The van der Waals surface area contributed by atoms with Crippen molar-refractivity contribution in [2.75, 3.05) is 0 Å². The Morgan fingerprint density at radius 1 is 0.619 bits per heavy atom. The van der Waals surface area contributed by atoms with Gasteiger partial charge in [0.05, 0.1) is 0 Å². The van der Waals surface area contributed by atoms with Crippen molar-refractivity contribution in [3.8, 4) is 0 Å². The Kier molecular flexibility index (Phi) is 7.46. The maximum absolute atomic E-state index is 10.2. The second kappa shape index (κ2) is 7.84. The second-order valence-electron chi connectivity index (χ2n) is 4.40. The lowest BCUT2D eigenvalue weighted by Crippen LogP contribution is -2.64. The molecule has 0 radical (unpaired) electrons. The van der Waals surface area contributed by atoms with Crippen LogP contribution in [0.4, 0.5) is 0 Å². The lowest BCUT2D eigenvalue weighted by Gasteiger charge is -2.37. The highest BCUT2D eigenvalue weighted by molar-refractivity contribution is 5.57. The largest absolute Gasteiger partial charge is 0.387 e. The molecule has 0 aromatic carbocycles. The molecule has 0 fully saturated rings. The van der Waals surface area contributed by atoms with Gasteiger partial charge in [0.25, 0.3) is 0 Å². The van der Waals surface area contributed by atoms with Gasteiger partial charge in [0.15, 0.2) is 12.6 Å². The minimum atomic E-state index is -3.65. The molecule has 0 saturated heterocycles. The van der Waals surface area contributed by atoms with Crippen LogP contribution in [-0.2, 0) is 9.59 Å². The van der Waals surface area contributed by atoms with E-state index in [0.717, 1.165) is 0 Å². The first-order valence-electron chi connectivity index (χ1n) is 5.64. The normalized spacial score (nSPS) is 22.5. The van der Waals surface area contributed by atoms with Crippen LogP contribution in [0.2, 0.25) is 0 Å². The molecule has 7 unspecified atom stereocenters. The molecule has 0 spiro atoms. The zero-order chi connectivity index (χ0) is 17.0. The van der Waals surface area contributed by atoms with E-state index in [-0.39, 0.29) is 12.6 Å². The van der Waals surface area contributed by atoms with Crippen molar-refractivity contribution < 1.29 is 55.5 Å². The van der Waals surface area contributed by atoms with Crippen LogP contribution in [0.5, 0.6) is 0 Å². The molecule has 11 nitrogen and oxygen atoms in total. The number of rotatable bonds is 9. The summed E-state index contributed by atoms with van der Waals surface area (Å²) in [6.07, 6.45) is -17.6. The van der Waals surface area contributed by atoms with Crippen LogP contribution in [0.25, 0.3) is 0 Å². The molecular weight excluding hydrogens is 296 g/mol. The predicted molar refractivity (Wildman–Crippen MR) is 61.3 cm³/mol. The standard InChI is InChI=1S/C10H18O11/c11-1-3(13)5(15)6(16)7(17)9(19)10(20,21)8(18)4(14)2-12/h1-9,13-21H.